The molecule has 1 heterocycles. The van der Waals surface area contributed by atoms with Crippen molar-refractivity contribution in [3.8, 4) is 0 Å². The second-order valence-electron chi connectivity index (χ2n) is 4.13. The van der Waals surface area contributed by atoms with Crippen molar-refractivity contribution in [3.63, 3.8) is 0 Å². The van der Waals surface area contributed by atoms with Gasteiger partial charge in [-0.3, -0.25) is 0 Å². The Morgan fingerprint density at radius 2 is 1.76 bits per heavy atom. The first kappa shape index (κ1) is 14.2. The number of alkyl halides is 3. The van der Waals surface area contributed by atoms with Crippen molar-refractivity contribution in [2.75, 3.05) is 6.54 Å². The highest BCUT2D eigenvalue weighted by molar-refractivity contribution is 5.73. The van der Waals surface area contributed by atoms with Crippen molar-refractivity contribution in [3.05, 3.63) is 0 Å². The topological polar surface area (TPSA) is 89.8 Å². The zero-order valence-corrected chi connectivity index (χ0v) is 8.81. The summed E-state index contributed by atoms with van der Waals surface area (Å²) in [6.45, 7) is 1.02. The maximum Gasteiger partial charge on any atom is 0.490 e. The first-order valence-corrected chi connectivity index (χ1v) is 5.13. The lowest BCUT2D eigenvalue weighted by Gasteiger charge is -2.46. The number of carboxylic acids is 1. The summed E-state index contributed by atoms with van der Waals surface area (Å²) in [4.78, 5) is 8.90. The van der Waals surface area contributed by atoms with E-state index < -0.39 is 24.4 Å². The van der Waals surface area contributed by atoms with Gasteiger partial charge >= 0.3 is 12.1 Å². The molecule has 4 atom stereocenters. The Bertz CT molecular complexity index is 278. The van der Waals surface area contributed by atoms with Gasteiger partial charge in [-0.05, 0) is 25.3 Å². The zero-order valence-electron chi connectivity index (χ0n) is 8.81. The molecule has 5 nitrogen and oxygen atoms in total. The van der Waals surface area contributed by atoms with E-state index in [1.807, 2.05) is 0 Å². The summed E-state index contributed by atoms with van der Waals surface area (Å²) in [7, 11) is 0. The molecular weight excluding hydrogens is 243 g/mol. The van der Waals surface area contributed by atoms with Gasteiger partial charge in [-0.2, -0.15) is 13.2 Å². The van der Waals surface area contributed by atoms with Crippen molar-refractivity contribution in [1.82, 2.24) is 5.32 Å². The minimum Gasteiger partial charge on any atom is -0.475 e. The number of hydrogen-bond acceptors (Lipinski definition) is 4. The van der Waals surface area contributed by atoms with Crippen molar-refractivity contribution in [1.29, 1.82) is 0 Å². The van der Waals surface area contributed by atoms with Crippen molar-refractivity contribution < 1.29 is 33.3 Å². The van der Waals surface area contributed by atoms with E-state index in [0.29, 0.717) is 5.92 Å². The van der Waals surface area contributed by atoms with Crippen LogP contribution in [0.25, 0.3) is 0 Å². The van der Waals surface area contributed by atoms with Crippen LogP contribution in [0.5, 0.6) is 0 Å². The molecule has 2 rings (SSSR count). The van der Waals surface area contributed by atoms with E-state index in [0.717, 1.165) is 19.4 Å². The van der Waals surface area contributed by atoms with Crippen LogP contribution in [0.4, 0.5) is 13.2 Å². The molecule has 0 aromatic rings. The fourth-order valence-electron chi connectivity index (χ4n) is 1.90. The summed E-state index contributed by atoms with van der Waals surface area (Å²) in [6.07, 6.45) is -4.26. The minimum atomic E-state index is -5.08. The Labute approximate surface area is 95.2 Å². The molecule has 1 aliphatic heterocycles. The summed E-state index contributed by atoms with van der Waals surface area (Å²) in [5.74, 6) is -2.13. The number of aliphatic hydroxyl groups excluding tert-OH is 2. The molecular formula is C9H14F3NO4. The van der Waals surface area contributed by atoms with Crippen LogP contribution in [-0.4, -0.2) is 52.3 Å². The molecule has 2 fully saturated rings. The number of rotatable bonds is 0. The van der Waals surface area contributed by atoms with Crippen molar-refractivity contribution in [2.45, 2.75) is 37.3 Å². The first-order valence-electron chi connectivity index (χ1n) is 5.13. The molecule has 0 aromatic carbocycles. The lowest BCUT2D eigenvalue weighted by molar-refractivity contribution is -0.192. The first-order chi connectivity index (χ1) is 7.73. The number of aliphatic hydroxyl groups is 2. The van der Waals surface area contributed by atoms with Crippen LogP contribution in [0.2, 0.25) is 0 Å². The van der Waals surface area contributed by atoms with E-state index in [9.17, 15) is 23.4 Å². The highest BCUT2D eigenvalue weighted by Crippen LogP contribution is 2.30. The highest BCUT2D eigenvalue weighted by atomic mass is 19.4. The maximum absolute atomic E-state index is 10.6. The molecule has 8 heteroatoms. The van der Waals surface area contributed by atoms with Crippen LogP contribution in [0.15, 0.2) is 0 Å². The van der Waals surface area contributed by atoms with Gasteiger partial charge in [-0.25, -0.2) is 4.79 Å². The normalized spacial score (nSPS) is 36.1. The average molecular weight is 257 g/mol. The molecule has 1 aliphatic carbocycles. The van der Waals surface area contributed by atoms with Gasteiger partial charge in [0, 0.05) is 6.04 Å². The van der Waals surface area contributed by atoms with Crippen LogP contribution >= 0.6 is 0 Å². The molecule has 100 valence electrons. The Morgan fingerprint density at radius 1 is 1.24 bits per heavy atom. The predicted octanol–water partition coefficient (Wildman–Crippen LogP) is -0.277. The van der Waals surface area contributed by atoms with E-state index in [1.54, 1.807) is 0 Å². The van der Waals surface area contributed by atoms with Crippen LogP contribution in [-0.2, 0) is 4.79 Å². The number of carbonyl (C=O) groups is 1. The lowest BCUT2D eigenvalue weighted by Crippen LogP contribution is -2.64. The number of halogens is 3. The largest absolute Gasteiger partial charge is 0.490 e. The van der Waals surface area contributed by atoms with Crippen LogP contribution in [0.1, 0.15) is 12.8 Å². The van der Waals surface area contributed by atoms with Crippen molar-refractivity contribution in [2.24, 2.45) is 5.92 Å². The molecule has 0 amide bonds. The third kappa shape index (κ3) is 3.55. The number of fused-ring (bicyclic) bond motifs is 1. The predicted molar refractivity (Wildman–Crippen MR) is 50.2 cm³/mol. The molecule has 0 aromatic heterocycles. The van der Waals surface area contributed by atoms with Gasteiger partial charge in [0.25, 0.3) is 0 Å². The fraction of sp³-hybridized carbons (Fsp3) is 0.889. The summed E-state index contributed by atoms with van der Waals surface area (Å²) in [5.41, 5.74) is 0. The Hall–Kier alpha value is -0.860. The standard InChI is InChI=1S/C7H13NO2.C2HF3O2/c9-5-2-1-4-3-8-6(4)7(5)10;3-2(4,5)1(6)7/h4-10H,1-3H2;(H,6,7)/t4-,5-,6+,7-;/m1./s1. The molecule has 0 bridgehead atoms. The Balaban J connectivity index is 0.000000185. The SMILES string of the molecule is O=C(O)C(F)(F)F.O[C@H]1[C@H]2NC[C@H]2CC[C@H]1O. The third-order valence-electron chi connectivity index (χ3n) is 2.96. The smallest absolute Gasteiger partial charge is 0.475 e. The molecule has 1 saturated carbocycles. The summed E-state index contributed by atoms with van der Waals surface area (Å²) in [5, 5.41) is 28.8. The maximum atomic E-state index is 10.6. The van der Waals surface area contributed by atoms with Gasteiger partial charge in [0.05, 0.1) is 12.2 Å². The average Bonchev–Trinajstić information content (AvgIpc) is 2.13. The van der Waals surface area contributed by atoms with E-state index in [4.69, 9.17) is 9.90 Å². The van der Waals surface area contributed by atoms with E-state index in [-0.39, 0.29) is 6.04 Å². The number of nitrogens with one attached hydrogen (secondary N) is 1. The summed E-state index contributed by atoms with van der Waals surface area (Å²) < 4.78 is 31.7. The van der Waals surface area contributed by atoms with Crippen LogP contribution in [0, 0.1) is 5.92 Å². The summed E-state index contributed by atoms with van der Waals surface area (Å²) >= 11 is 0. The van der Waals surface area contributed by atoms with E-state index in [2.05, 4.69) is 5.32 Å². The number of hydrogen-bond donors (Lipinski definition) is 4. The lowest BCUT2D eigenvalue weighted by atomic mass is 9.76. The number of carboxylic acid groups (broad SMARTS) is 1. The Morgan fingerprint density at radius 3 is 2.06 bits per heavy atom. The van der Waals surface area contributed by atoms with Crippen LogP contribution in [0.3, 0.4) is 0 Å². The molecule has 0 unspecified atom stereocenters. The van der Waals surface area contributed by atoms with Gasteiger partial charge < -0.3 is 20.6 Å². The van der Waals surface area contributed by atoms with Gasteiger partial charge in [0.15, 0.2) is 0 Å². The van der Waals surface area contributed by atoms with Crippen LogP contribution < -0.4 is 5.32 Å². The minimum absolute atomic E-state index is 0.184. The van der Waals surface area contributed by atoms with Crippen molar-refractivity contribution >= 4 is 5.97 Å². The molecule has 2 aliphatic rings. The molecule has 4 N–H and O–H groups in total. The Kier molecular flexibility index (Phi) is 4.34. The second-order valence-corrected chi connectivity index (χ2v) is 4.13. The van der Waals surface area contributed by atoms with Gasteiger partial charge in [-0.15, -0.1) is 0 Å². The van der Waals surface area contributed by atoms with E-state index >= 15 is 0 Å². The second kappa shape index (κ2) is 5.19. The van der Waals surface area contributed by atoms with E-state index in [1.165, 1.54) is 0 Å². The van der Waals surface area contributed by atoms with Gasteiger partial charge in [0.1, 0.15) is 0 Å². The van der Waals surface area contributed by atoms with Gasteiger partial charge in [0.2, 0.25) is 0 Å². The molecule has 1 saturated heterocycles. The van der Waals surface area contributed by atoms with Gasteiger partial charge in [-0.1, -0.05) is 0 Å². The molecule has 0 spiro atoms. The summed E-state index contributed by atoms with van der Waals surface area (Å²) in [6, 6.07) is 0.184. The third-order valence-corrected chi connectivity index (χ3v) is 2.96. The zero-order chi connectivity index (χ0) is 13.2. The fourth-order valence-corrected chi connectivity index (χ4v) is 1.90. The molecule has 17 heavy (non-hydrogen) atoms. The monoisotopic (exact) mass is 257 g/mol. The highest BCUT2D eigenvalue weighted by Gasteiger charge is 2.42. The quantitative estimate of drug-likeness (QED) is 0.479. The molecule has 0 radical (unpaired) electrons. The number of aliphatic carboxylic acids is 1.